The van der Waals surface area contributed by atoms with E-state index in [2.05, 4.69) is 41.6 Å². The molecule has 0 radical (unpaired) electrons. The van der Waals surface area contributed by atoms with Crippen LogP contribution in [-0.4, -0.2) is 25.7 Å². The molecule has 4 aliphatic carbocycles. The van der Waals surface area contributed by atoms with Crippen LogP contribution in [0.2, 0.25) is 19.6 Å². The molecule has 196 valence electrons. The van der Waals surface area contributed by atoms with Crippen LogP contribution in [-0.2, 0) is 9.22 Å². The molecular formula is C31H37BrO4Si. The van der Waals surface area contributed by atoms with Crippen molar-refractivity contribution < 1.29 is 18.8 Å². The fraction of sp³-hybridized carbons (Fsp3) is 0.452. The summed E-state index contributed by atoms with van der Waals surface area (Å²) in [6.07, 6.45) is 9.73. The Balaban J connectivity index is 0.000000135. The fourth-order valence-corrected chi connectivity index (χ4v) is 7.32. The highest BCUT2D eigenvalue weighted by molar-refractivity contribution is 9.09. The predicted octanol–water partition coefficient (Wildman–Crippen LogP) is 8.34. The van der Waals surface area contributed by atoms with Gasteiger partial charge in [0.1, 0.15) is 5.78 Å². The molecular weight excluding hydrogens is 544 g/mol. The summed E-state index contributed by atoms with van der Waals surface area (Å²) in [4.78, 5) is 35.1. The molecule has 6 rings (SSSR count). The van der Waals surface area contributed by atoms with E-state index in [4.69, 9.17) is 4.43 Å². The lowest BCUT2D eigenvalue weighted by atomic mass is 9.85. The molecule has 1 fully saturated rings. The van der Waals surface area contributed by atoms with Gasteiger partial charge in [-0.1, -0.05) is 64.5 Å². The Kier molecular flexibility index (Phi) is 9.01. The van der Waals surface area contributed by atoms with E-state index in [-0.39, 0.29) is 28.2 Å². The van der Waals surface area contributed by atoms with E-state index < -0.39 is 8.32 Å². The fourth-order valence-electron chi connectivity index (χ4n) is 5.66. The molecule has 0 aliphatic heterocycles. The second-order valence-electron chi connectivity index (χ2n) is 11.2. The van der Waals surface area contributed by atoms with E-state index in [1.54, 1.807) is 0 Å². The zero-order valence-electron chi connectivity index (χ0n) is 22.1. The number of hydrogen-bond donors (Lipinski definition) is 0. The smallest absolute Gasteiger partial charge is 0.241 e. The Morgan fingerprint density at radius 2 is 1.41 bits per heavy atom. The van der Waals surface area contributed by atoms with Gasteiger partial charge in [-0.05, 0) is 62.5 Å². The Labute approximate surface area is 230 Å². The van der Waals surface area contributed by atoms with Crippen LogP contribution in [0.25, 0.3) is 0 Å². The summed E-state index contributed by atoms with van der Waals surface area (Å²) in [7, 11) is -1.29. The minimum atomic E-state index is -1.29. The summed E-state index contributed by atoms with van der Waals surface area (Å²) in [6, 6.07) is 15.5. The molecule has 0 bridgehead atoms. The summed E-state index contributed by atoms with van der Waals surface area (Å²) >= 11 is 3.46. The summed E-state index contributed by atoms with van der Waals surface area (Å²) in [6.45, 7) is 6.68. The first-order valence-electron chi connectivity index (χ1n) is 13.4. The van der Waals surface area contributed by atoms with Gasteiger partial charge in [-0.2, -0.15) is 0 Å². The van der Waals surface area contributed by atoms with Crippen molar-refractivity contribution in [1.29, 1.82) is 0 Å². The quantitative estimate of drug-likeness (QED) is 0.270. The summed E-state index contributed by atoms with van der Waals surface area (Å²) < 4.78 is 5.80. The molecule has 3 unspecified atom stereocenters. The minimum absolute atomic E-state index is 0.104. The Bertz CT molecular complexity index is 1200. The molecule has 0 aromatic heterocycles. The number of fused-ring (bicyclic) bond motifs is 2. The third-order valence-electron chi connectivity index (χ3n) is 7.30. The number of carbonyl (C=O) groups is 3. The van der Waals surface area contributed by atoms with Crippen LogP contribution in [0.1, 0.15) is 94.0 Å². The molecule has 0 N–H and O–H groups in total. The van der Waals surface area contributed by atoms with Gasteiger partial charge in [0.25, 0.3) is 0 Å². The lowest BCUT2D eigenvalue weighted by Gasteiger charge is -2.19. The summed E-state index contributed by atoms with van der Waals surface area (Å²) in [5, 5.41) is 0. The number of benzene rings is 2. The van der Waals surface area contributed by atoms with Gasteiger partial charge in [-0.15, -0.1) is 0 Å². The van der Waals surface area contributed by atoms with E-state index >= 15 is 0 Å². The SMILES string of the molecule is C[Si](C)(C)OC1=CCCC1.O=C1CC(Br)c2ccccc21.O=C1CC(C2CCCC2=O)c2ccccc21. The summed E-state index contributed by atoms with van der Waals surface area (Å²) in [5.74, 6) is 2.34. The molecule has 0 heterocycles. The van der Waals surface area contributed by atoms with E-state index in [0.717, 1.165) is 35.1 Å². The van der Waals surface area contributed by atoms with Crippen LogP contribution in [0.5, 0.6) is 0 Å². The number of carbonyl (C=O) groups excluding carboxylic acids is 3. The molecule has 3 atom stereocenters. The normalized spacial score (nSPS) is 23.9. The zero-order chi connectivity index (χ0) is 26.6. The molecule has 6 heteroatoms. The van der Waals surface area contributed by atoms with Crippen LogP contribution in [0, 0.1) is 5.92 Å². The lowest BCUT2D eigenvalue weighted by molar-refractivity contribution is -0.121. The van der Waals surface area contributed by atoms with E-state index in [1.165, 1.54) is 25.0 Å². The van der Waals surface area contributed by atoms with Gasteiger partial charge in [-0.25, -0.2) is 0 Å². The van der Waals surface area contributed by atoms with Crippen molar-refractivity contribution >= 4 is 41.6 Å². The van der Waals surface area contributed by atoms with Crippen molar-refractivity contribution in [3.05, 3.63) is 82.6 Å². The second-order valence-corrected chi connectivity index (χ2v) is 16.8. The average molecular weight is 582 g/mol. The molecule has 2 aromatic rings. The van der Waals surface area contributed by atoms with Crippen LogP contribution >= 0.6 is 15.9 Å². The molecule has 4 aliphatic rings. The summed E-state index contributed by atoms with van der Waals surface area (Å²) in [5.41, 5.74) is 3.96. The first-order valence-corrected chi connectivity index (χ1v) is 17.8. The van der Waals surface area contributed by atoms with Gasteiger partial charge in [0.2, 0.25) is 8.32 Å². The van der Waals surface area contributed by atoms with Crippen LogP contribution < -0.4 is 0 Å². The number of hydrogen-bond acceptors (Lipinski definition) is 4. The first-order chi connectivity index (χ1) is 17.6. The molecule has 37 heavy (non-hydrogen) atoms. The molecule has 0 amide bonds. The maximum atomic E-state index is 11.8. The van der Waals surface area contributed by atoms with Crippen molar-refractivity contribution in [3.8, 4) is 0 Å². The maximum absolute atomic E-state index is 11.8. The van der Waals surface area contributed by atoms with Crippen LogP contribution in [0.15, 0.2) is 60.4 Å². The number of allylic oxidation sites excluding steroid dienone is 2. The van der Waals surface area contributed by atoms with Gasteiger partial charge in [0.15, 0.2) is 11.6 Å². The monoisotopic (exact) mass is 580 g/mol. The number of rotatable bonds is 3. The highest BCUT2D eigenvalue weighted by Gasteiger charge is 2.39. The highest BCUT2D eigenvalue weighted by atomic mass is 79.9. The lowest BCUT2D eigenvalue weighted by Crippen LogP contribution is -2.24. The predicted molar refractivity (Wildman–Crippen MR) is 154 cm³/mol. The Morgan fingerprint density at radius 1 is 0.784 bits per heavy atom. The van der Waals surface area contributed by atoms with Crippen LogP contribution in [0.4, 0.5) is 0 Å². The van der Waals surface area contributed by atoms with Gasteiger partial charge < -0.3 is 4.43 Å². The molecule has 0 saturated heterocycles. The standard InChI is InChI=1S/C14H14O2.C9H7BrO.C8H16OSi/c15-13-7-3-6-11(13)12-8-14(16)10-5-2-1-4-9(10)12;10-8-5-9(11)7-4-2-1-3-6(7)8;1-10(2,3)9-8-6-4-5-7-8/h1-2,4-5,11-12H,3,6-8H2;1-4,8H,5H2;6H,4-5,7H2,1-3H3. The van der Waals surface area contributed by atoms with E-state index in [1.807, 2.05) is 48.5 Å². The number of halogens is 1. The van der Waals surface area contributed by atoms with Crippen molar-refractivity contribution in [2.45, 2.75) is 81.8 Å². The molecule has 1 saturated carbocycles. The van der Waals surface area contributed by atoms with E-state index in [0.29, 0.717) is 25.0 Å². The Morgan fingerprint density at radius 3 is 1.97 bits per heavy atom. The van der Waals surface area contributed by atoms with Gasteiger partial charge >= 0.3 is 0 Å². The van der Waals surface area contributed by atoms with Gasteiger partial charge in [0, 0.05) is 53.5 Å². The second kappa shape index (κ2) is 12.0. The van der Waals surface area contributed by atoms with E-state index in [9.17, 15) is 14.4 Å². The topological polar surface area (TPSA) is 60.4 Å². The third-order valence-corrected chi connectivity index (χ3v) is 8.99. The maximum Gasteiger partial charge on any atom is 0.241 e. The van der Waals surface area contributed by atoms with Gasteiger partial charge in [0.05, 0.1) is 5.76 Å². The average Bonchev–Trinajstić information content (AvgIpc) is 3.64. The largest absolute Gasteiger partial charge is 0.548 e. The zero-order valence-corrected chi connectivity index (χ0v) is 24.7. The number of ketones is 3. The molecule has 2 aromatic carbocycles. The molecule has 0 spiro atoms. The Hall–Kier alpha value is -2.31. The minimum Gasteiger partial charge on any atom is -0.548 e. The third kappa shape index (κ3) is 6.96. The van der Waals surface area contributed by atoms with Crippen molar-refractivity contribution in [2.75, 3.05) is 0 Å². The van der Waals surface area contributed by atoms with Crippen molar-refractivity contribution in [2.24, 2.45) is 5.92 Å². The number of alkyl halides is 1. The molecule has 4 nitrogen and oxygen atoms in total. The van der Waals surface area contributed by atoms with Crippen molar-refractivity contribution in [3.63, 3.8) is 0 Å². The number of Topliss-reactive ketones (excluding diaryl/α,β-unsaturated/α-hetero) is 3. The van der Waals surface area contributed by atoms with Crippen molar-refractivity contribution in [1.82, 2.24) is 0 Å². The van der Waals surface area contributed by atoms with Crippen LogP contribution in [0.3, 0.4) is 0 Å². The van der Waals surface area contributed by atoms with Gasteiger partial charge in [-0.3, -0.25) is 14.4 Å². The highest BCUT2D eigenvalue weighted by Crippen LogP contribution is 2.43. The first kappa shape index (κ1) is 27.7.